The first-order valence-corrected chi connectivity index (χ1v) is 7.79. The Balaban J connectivity index is 1.57. The molecule has 0 aliphatic rings. The molecule has 132 valence electrons. The maximum atomic E-state index is 12.3. The Bertz CT molecular complexity index is 1010. The third-order valence-corrected chi connectivity index (χ3v) is 3.68. The van der Waals surface area contributed by atoms with Gasteiger partial charge in [-0.05, 0) is 24.3 Å². The van der Waals surface area contributed by atoms with Crippen LogP contribution in [0.1, 0.15) is 10.4 Å². The molecule has 0 spiro atoms. The van der Waals surface area contributed by atoms with Crippen molar-refractivity contribution in [2.45, 2.75) is 0 Å². The zero-order chi connectivity index (χ0) is 18.5. The molecule has 9 heteroatoms. The molecule has 0 fully saturated rings. The zero-order valence-corrected chi connectivity index (χ0v) is 13.6. The highest BCUT2D eigenvalue weighted by atomic mass is 16.6. The van der Waals surface area contributed by atoms with Crippen LogP contribution in [-0.2, 0) is 0 Å². The highest BCUT2D eigenvalue weighted by molar-refractivity contribution is 5.93. The van der Waals surface area contributed by atoms with E-state index in [1.165, 1.54) is 22.7 Å². The summed E-state index contributed by atoms with van der Waals surface area (Å²) in [6.45, 7) is 0.665. The van der Waals surface area contributed by atoms with E-state index >= 15 is 0 Å². The lowest BCUT2D eigenvalue weighted by Crippen LogP contribution is -2.34. The van der Waals surface area contributed by atoms with Crippen LogP contribution < -0.4 is 16.2 Å². The van der Waals surface area contributed by atoms with Crippen LogP contribution in [0.5, 0.6) is 0 Å². The Morgan fingerprint density at radius 3 is 2.65 bits per heavy atom. The lowest BCUT2D eigenvalue weighted by Gasteiger charge is -2.08. The Morgan fingerprint density at radius 1 is 1.15 bits per heavy atom. The van der Waals surface area contributed by atoms with Gasteiger partial charge >= 0.3 is 0 Å². The van der Waals surface area contributed by atoms with Crippen LogP contribution in [0.25, 0.3) is 5.65 Å². The van der Waals surface area contributed by atoms with Crippen LogP contribution in [0.4, 0.5) is 11.4 Å². The molecule has 0 aliphatic heterocycles. The lowest BCUT2D eigenvalue weighted by molar-refractivity contribution is -0.384. The molecular weight excluding hydrogens is 338 g/mol. The summed E-state index contributed by atoms with van der Waals surface area (Å²) in [5.74, 6) is -0.508. The number of amides is 1. The van der Waals surface area contributed by atoms with Gasteiger partial charge in [-0.25, -0.2) is 4.98 Å². The van der Waals surface area contributed by atoms with E-state index in [4.69, 9.17) is 0 Å². The molecule has 0 aliphatic carbocycles. The van der Waals surface area contributed by atoms with Crippen molar-refractivity contribution in [2.24, 2.45) is 0 Å². The normalized spacial score (nSPS) is 10.5. The quantitative estimate of drug-likeness (QED) is 0.393. The maximum Gasteiger partial charge on any atom is 0.270 e. The molecular formula is C17H15N5O4. The molecule has 26 heavy (non-hydrogen) atoms. The Morgan fingerprint density at radius 2 is 1.92 bits per heavy atom. The minimum atomic E-state index is -0.508. The number of rotatable bonds is 6. The largest absolute Gasteiger partial charge is 0.383 e. The van der Waals surface area contributed by atoms with Crippen LogP contribution in [0.15, 0.2) is 59.7 Å². The number of nitro groups is 1. The number of aromatic nitrogens is 2. The fourth-order valence-electron chi connectivity index (χ4n) is 2.36. The van der Waals surface area contributed by atoms with Gasteiger partial charge in [0.1, 0.15) is 11.2 Å². The van der Waals surface area contributed by atoms with E-state index < -0.39 is 16.4 Å². The van der Waals surface area contributed by atoms with Crippen molar-refractivity contribution >= 4 is 22.9 Å². The number of benzene rings is 1. The van der Waals surface area contributed by atoms with Gasteiger partial charge in [-0.3, -0.25) is 24.1 Å². The van der Waals surface area contributed by atoms with Gasteiger partial charge in [0.05, 0.1) is 4.92 Å². The SMILES string of the molecule is O=C(NCCNc1ccc([N+](=O)[O-])cc1)c1cnc2ccccn2c1=O. The molecule has 0 bridgehead atoms. The molecule has 0 atom stereocenters. The van der Waals surface area contributed by atoms with Crippen molar-refractivity contribution in [3.63, 3.8) is 0 Å². The van der Waals surface area contributed by atoms with Gasteiger partial charge in [-0.15, -0.1) is 0 Å². The van der Waals surface area contributed by atoms with E-state index in [1.54, 1.807) is 36.5 Å². The second-order valence-electron chi connectivity index (χ2n) is 5.39. The van der Waals surface area contributed by atoms with E-state index in [1.807, 2.05) is 0 Å². The summed E-state index contributed by atoms with van der Waals surface area (Å²) in [6.07, 6.45) is 2.81. The second-order valence-corrected chi connectivity index (χ2v) is 5.39. The number of pyridine rings is 1. The van der Waals surface area contributed by atoms with Crippen LogP contribution in [0, 0.1) is 10.1 Å². The molecule has 2 N–H and O–H groups in total. The van der Waals surface area contributed by atoms with E-state index in [9.17, 15) is 19.7 Å². The van der Waals surface area contributed by atoms with Crippen LogP contribution in [-0.4, -0.2) is 33.3 Å². The number of carbonyl (C=O) groups excluding carboxylic acids is 1. The Labute approximate surface area is 147 Å². The number of nitro benzene ring substituents is 1. The standard InChI is InChI=1S/C17H15N5O4/c23-16(14-11-20-15-3-1-2-10-21(15)17(14)24)19-9-8-18-12-4-6-13(7-5-12)22(25)26/h1-7,10-11,18H,8-9H2,(H,19,23). The first kappa shape index (κ1) is 17.1. The topological polar surface area (TPSA) is 119 Å². The van der Waals surface area contributed by atoms with Crippen molar-refractivity contribution in [2.75, 3.05) is 18.4 Å². The van der Waals surface area contributed by atoms with Gasteiger partial charge in [0, 0.05) is 43.3 Å². The number of hydrogen-bond donors (Lipinski definition) is 2. The summed E-state index contributed by atoms with van der Waals surface area (Å²) >= 11 is 0. The Hall–Kier alpha value is -3.75. The van der Waals surface area contributed by atoms with Crippen molar-refractivity contribution < 1.29 is 9.72 Å². The number of fused-ring (bicyclic) bond motifs is 1. The molecule has 0 unspecified atom stereocenters. The van der Waals surface area contributed by atoms with Crippen molar-refractivity contribution in [1.82, 2.24) is 14.7 Å². The third-order valence-electron chi connectivity index (χ3n) is 3.68. The zero-order valence-electron chi connectivity index (χ0n) is 13.6. The molecule has 9 nitrogen and oxygen atoms in total. The maximum absolute atomic E-state index is 12.3. The molecule has 0 saturated heterocycles. The van der Waals surface area contributed by atoms with E-state index in [-0.39, 0.29) is 17.8 Å². The molecule has 1 amide bonds. The lowest BCUT2D eigenvalue weighted by atomic mass is 10.3. The van der Waals surface area contributed by atoms with Gasteiger partial charge in [0.15, 0.2) is 0 Å². The summed E-state index contributed by atoms with van der Waals surface area (Å²) in [5, 5.41) is 16.3. The number of non-ortho nitro benzene ring substituents is 1. The molecule has 0 radical (unpaired) electrons. The molecule has 1 aromatic carbocycles. The minimum Gasteiger partial charge on any atom is -0.383 e. The van der Waals surface area contributed by atoms with Gasteiger partial charge < -0.3 is 10.6 Å². The molecule has 0 saturated carbocycles. The van der Waals surface area contributed by atoms with Crippen LogP contribution in [0.2, 0.25) is 0 Å². The Kier molecular flexibility index (Phi) is 4.88. The van der Waals surface area contributed by atoms with E-state index in [2.05, 4.69) is 15.6 Å². The molecule has 3 aromatic rings. The number of nitrogens with zero attached hydrogens (tertiary/aromatic N) is 3. The smallest absolute Gasteiger partial charge is 0.270 e. The third kappa shape index (κ3) is 3.66. The summed E-state index contributed by atoms with van der Waals surface area (Å²) in [7, 11) is 0. The minimum absolute atomic E-state index is 0.00753. The average molecular weight is 353 g/mol. The number of nitrogens with one attached hydrogen (secondary N) is 2. The van der Waals surface area contributed by atoms with Crippen LogP contribution >= 0.6 is 0 Å². The summed E-state index contributed by atoms with van der Waals surface area (Å²) in [4.78, 5) is 38.7. The fourth-order valence-corrected chi connectivity index (χ4v) is 2.36. The average Bonchev–Trinajstić information content (AvgIpc) is 2.66. The summed E-state index contributed by atoms with van der Waals surface area (Å²) in [6, 6.07) is 11.1. The van der Waals surface area contributed by atoms with E-state index in [0.29, 0.717) is 17.9 Å². The predicted octanol–water partition coefficient (Wildman–Crippen LogP) is 1.44. The van der Waals surface area contributed by atoms with Crippen molar-refractivity contribution in [3.05, 3.63) is 80.9 Å². The number of anilines is 1. The molecule has 2 aromatic heterocycles. The monoisotopic (exact) mass is 353 g/mol. The predicted molar refractivity (Wildman–Crippen MR) is 95.4 cm³/mol. The molecule has 2 heterocycles. The van der Waals surface area contributed by atoms with Gasteiger partial charge in [0.2, 0.25) is 0 Å². The van der Waals surface area contributed by atoms with Gasteiger partial charge in [-0.2, -0.15) is 0 Å². The summed E-state index contributed by atoms with van der Waals surface area (Å²) in [5.41, 5.74) is 0.694. The highest BCUT2D eigenvalue weighted by Gasteiger charge is 2.12. The van der Waals surface area contributed by atoms with Gasteiger partial charge in [0.25, 0.3) is 17.2 Å². The first-order valence-electron chi connectivity index (χ1n) is 7.79. The first-order chi connectivity index (χ1) is 12.6. The van der Waals surface area contributed by atoms with Gasteiger partial charge in [-0.1, -0.05) is 6.07 Å². The molecule has 3 rings (SSSR count). The van der Waals surface area contributed by atoms with E-state index in [0.717, 1.165) is 0 Å². The van der Waals surface area contributed by atoms with Crippen molar-refractivity contribution in [1.29, 1.82) is 0 Å². The number of carbonyl (C=O) groups is 1. The van der Waals surface area contributed by atoms with Crippen molar-refractivity contribution in [3.8, 4) is 0 Å². The number of hydrogen-bond acceptors (Lipinski definition) is 6. The highest BCUT2D eigenvalue weighted by Crippen LogP contribution is 2.14. The fraction of sp³-hybridized carbons (Fsp3) is 0.118. The summed E-state index contributed by atoms with van der Waals surface area (Å²) < 4.78 is 1.31. The van der Waals surface area contributed by atoms with Crippen LogP contribution in [0.3, 0.4) is 0 Å². The second kappa shape index (κ2) is 7.43.